The molecule has 1 unspecified atom stereocenters. The van der Waals surface area contributed by atoms with Crippen molar-refractivity contribution in [2.45, 2.75) is 26.3 Å². The van der Waals surface area contributed by atoms with Gasteiger partial charge in [-0.15, -0.1) is 0 Å². The number of nitrogens with one attached hydrogen (secondary N) is 1. The standard InChI is InChI=1S/C15H24FNOS/c1-11(2)9-19-10-13(17-3)7-12-5-6-15(18-4)14(16)8-12/h5-6,8,11,13,17H,7,9-10H2,1-4H3. The van der Waals surface area contributed by atoms with Crippen LogP contribution in [0, 0.1) is 11.7 Å². The molecule has 0 saturated carbocycles. The Morgan fingerprint density at radius 1 is 1.32 bits per heavy atom. The second kappa shape index (κ2) is 8.43. The van der Waals surface area contributed by atoms with Crippen molar-refractivity contribution in [3.63, 3.8) is 0 Å². The average Bonchev–Trinajstić information content (AvgIpc) is 2.37. The molecule has 0 amide bonds. The second-order valence-electron chi connectivity index (χ2n) is 5.09. The molecule has 0 saturated heterocycles. The van der Waals surface area contributed by atoms with Crippen LogP contribution in [0.4, 0.5) is 4.39 Å². The summed E-state index contributed by atoms with van der Waals surface area (Å²) in [6.07, 6.45) is 0.836. The Balaban J connectivity index is 2.53. The van der Waals surface area contributed by atoms with E-state index in [-0.39, 0.29) is 5.82 Å². The van der Waals surface area contributed by atoms with E-state index in [0.29, 0.717) is 17.7 Å². The van der Waals surface area contributed by atoms with Crippen molar-refractivity contribution in [2.24, 2.45) is 5.92 Å². The van der Waals surface area contributed by atoms with Crippen LogP contribution in [-0.2, 0) is 6.42 Å². The number of methoxy groups -OCH3 is 1. The number of benzene rings is 1. The first kappa shape index (κ1) is 16.3. The predicted molar refractivity (Wildman–Crippen MR) is 81.7 cm³/mol. The minimum absolute atomic E-state index is 0.287. The third kappa shape index (κ3) is 5.83. The molecule has 0 fully saturated rings. The van der Waals surface area contributed by atoms with Crippen molar-refractivity contribution in [2.75, 3.05) is 25.7 Å². The van der Waals surface area contributed by atoms with Crippen molar-refractivity contribution >= 4 is 11.8 Å². The number of likely N-dealkylation sites (N-methyl/N-ethyl adjacent to an activating group) is 1. The molecule has 0 heterocycles. The minimum atomic E-state index is -0.287. The fraction of sp³-hybridized carbons (Fsp3) is 0.600. The summed E-state index contributed by atoms with van der Waals surface area (Å²) in [5.41, 5.74) is 1.00. The highest BCUT2D eigenvalue weighted by Crippen LogP contribution is 2.19. The minimum Gasteiger partial charge on any atom is -0.494 e. The number of ether oxygens (including phenoxy) is 1. The van der Waals surface area contributed by atoms with Crippen LogP contribution in [0.15, 0.2) is 18.2 Å². The summed E-state index contributed by atoms with van der Waals surface area (Å²) < 4.78 is 18.5. The Morgan fingerprint density at radius 2 is 2.05 bits per heavy atom. The van der Waals surface area contributed by atoms with Gasteiger partial charge in [-0.2, -0.15) is 11.8 Å². The lowest BCUT2D eigenvalue weighted by Gasteiger charge is -2.17. The molecule has 0 spiro atoms. The maximum absolute atomic E-state index is 13.6. The first-order chi connectivity index (χ1) is 9.06. The van der Waals surface area contributed by atoms with E-state index in [1.54, 1.807) is 12.1 Å². The Kier molecular flexibility index (Phi) is 7.24. The SMILES string of the molecule is CNC(CSCC(C)C)Cc1ccc(OC)c(F)c1. The number of hydrogen-bond acceptors (Lipinski definition) is 3. The van der Waals surface area contributed by atoms with E-state index in [4.69, 9.17) is 4.74 Å². The molecule has 19 heavy (non-hydrogen) atoms. The van der Waals surface area contributed by atoms with Crippen molar-refractivity contribution in [1.29, 1.82) is 0 Å². The van der Waals surface area contributed by atoms with E-state index in [1.165, 1.54) is 7.11 Å². The van der Waals surface area contributed by atoms with Crippen molar-refractivity contribution < 1.29 is 9.13 Å². The average molecular weight is 285 g/mol. The summed E-state index contributed by atoms with van der Waals surface area (Å²) in [6.45, 7) is 4.44. The predicted octanol–water partition coefficient (Wildman–Crippen LogP) is 3.35. The van der Waals surface area contributed by atoms with Gasteiger partial charge in [-0.3, -0.25) is 0 Å². The highest BCUT2D eigenvalue weighted by molar-refractivity contribution is 7.99. The van der Waals surface area contributed by atoms with Crippen LogP contribution in [0.3, 0.4) is 0 Å². The zero-order chi connectivity index (χ0) is 14.3. The summed E-state index contributed by atoms with van der Waals surface area (Å²) in [4.78, 5) is 0. The molecule has 4 heteroatoms. The van der Waals surface area contributed by atoms with Gasteiger partial charge in [0.2, 0.25) is 0 Å². The largest absolute Gasteiger partial charge is 0.494 e. The summed E-state index contributed by atoms with van der Waals surface area (Å²) in [7, 11) is 3.44. The Bertz CT molecular complexity index is 384. The molecule has 1 aromatic rings. The van der Waals surface area contributed by atoms with Gasteiger partial charge in [-0.1, -0.05) is 19.9 Å². The van der Waals surface area contributed by atoms with Crippen molar-refractivity contribution in [3.8, 4) is 5.75 Å². The maximum atomic E-state index is 13.6. The first-order valence-electron chi connectivity index (χ1n) is 6.64. The molecule has 108 valence electrons. The molecular formula is C15H24FNOS. The summed E-state index contributed by atoms with van der Waals surface area (Å²) in [6, 6.07) is 5.56. The molecule has 0 aliphatic rings. The van der Waals surface area contributed by atoms with Gasteiger partial charge < -0.3 is 10.1 Å². The molecular weight excluding hydrogens is 261 g/mol. The molecule has 2 nitrogen and oxygen atoms in total. The molecule has 1 rings (SSSR count). The van der Waals surface area contributed by atoms with Crippen LogP contribution < -0.4 is 10.1 Å². The van der Waals surface area contributed by atoms with Gasteiger partial charge in [0.05, 0.1) is 7.11 Å². The van der Waals surface area contributed by atoms with Crippen LogP contribution in [0.2, 0.25) is 0 Å². The molecule has 0 radical (unpaired) electrons. The Hall–Kier alpha value is -0.740. The number of thioether (sulfide) groups is 1. The van der Waals surface area contributed by atoms with Crippen molar-refractivity contribution in [3.05, 3.63) is 29.6 Å². The number of rotatable bonds is 8. The highest BCUT2D eigenvalue weighted by Gasteiger charge is 2.10. The molecule has 0 aliphatic heterocycles. The van der Waals surface area contributed by atoms with E-state index in [2.05, 4.69) is 19.2 Å². The van der Waals surface area contributed by atoms with Crippen LogP contribution in [0.1, 0.15) is 19.4 Å². The maximum Gasteiger partial charge on any atom is 0.165 e. The van der Waals surface area contributed by atoms with E-state index in [0.717, 1.165) is 23.5 Å². The normalized spacial score (nSPS) is 12.7. The van der Waals surface area contributed by atoms with Gasteiger partial charge in [0, 0.05) is 11.8 Å². The molecule has 1 aromatic carbocycles. The quantitative estimate of drug-likeness (QED) is 0.791. The lowest BCUT2D eigenvalue weighted by Crippen LogP contribution is -2.30. The van der Waals surface area contributed by atoms with Gasteiger partial charge >= 0.3 is 0 Å². The van der Waals surface area contributed by atoms with E-state index >= 15 is 0 Å². The van der Waals surface area contributed by atoms with Crippen LogP contribution in [-0.4, -0.2) is 31.7 Å². The van der Waals surface area contributed by atoms with E-state index in [1.807, 2.05) is 24.9 Å². The van der Waals surface area contributed by atoms with Crippen LogP contribution in [0.5, 0.6) is 5.75 Å². The van der Waals surface area contributed by atoms with Gasteiger partial charge in [0.15, 0.2) is 11.6 Å². The molecule has 1 atom stereocenters. The highest BCUT2D eigenvalue weighted by atomic mass is 32.2. The van der Waals surface area contributed by atoms with Gasteiger partial charge in [-0.05, 0) is 42.8 Å². The molecule has 0 bridgehead atoms. The third-order valence-corrected chi connectivity index (χ3v) is 4.42. The van der Waals surface area contributed by atoms with Crippen molar-refractivity contribution in [1.82, 2.24) is 5.32 Å². The zero-order valence-corrected chi connectivity index (χ0v) is 13.0. The fourth-order valence-electron chi connectivity index (χ4n) is 1.81. The Morgan fingerprint density at radius 3 is 2.58 bits per heavy atom. The van der Waals surface area contributed by atoms with Crippen LogP contribution in [0.25, 0.3) is 0 Å². The zero-order valence-electron chi connectivity index (χ0n) is 12.2. The van der Waals surface area contributed by atoms with Crippen LogP contribution >= 0.6 is 11.8 Å². The first-order valence-corrected chi connectivity index (χ1v) is 7.79. The molecule has 0 aromatic heterocycles. The third-order valence-electron chi connectivity index (χ3n) is 2.88. The van der Waals surface area contributed by atoms with E-state index < -0.39 is 0 Å². The second-order valence-corrected chi connectivity index (χ2v) is 6.16. The number of halogens is 1. The summed E-state index contributed by atoms with van der Waals surface area (Å²) in [5.74, 6) is 2.93. The van der Waals surface area contributed by atoms with E-state index in [9.17, 15) is 4.39 Å². The Labute approximate surface area is 120 Å². The fourth-order valence-corrected chi connectivity index (χ4v) is 2.99. The summed E-state index contributed by atoms with van der Waals surface area (Å²) in [5, 5.41) is 3.30. The topological polar surface area (TPSA) is 21.3 Å². The molecule has 1 N–H and O–H groups in total. The summed E-state index contributed by atoms with van der Waals surface area (Å²) >= 11 is 1.94. The smallest absolute Gasteiger partial charge is 0.165 e. The lowest BCUT2D eigenvalue weighted by atomic mass is 10.1. The number of hydrogen-bond donors (Lipinski definition) is 1. The van der Waals surface area contributed by atoms with Gasteiger partial charge in [0.25, 0.3) is 0 Å². The molecule has 0 aliphatic carbocycles. The van der Waals surface area contributed by atoms with Gasteiger partial charge in [-0.25, -0.2) is 4.39 Å². The van der Waals surface area contributed by atoms with Gasteiger partial charge in [0.1, 0.15) is 0 Å². The monoisotopic (exact) mass is 285 g/mol. The lowest BCUT2D eigenvalue weighted by molar-refractivity contribution is 0.386.